The third-order valence-electron chi connectivity index (χ3n) is 4.80. The van der Waals surface area contributed by atoms with Crippen LogP contribution in [-0.2, 0) is 9.53 Å². The molecule has 10 heteroatoms. The molecule has 0 unspecified atom stereocenters. The van der Waals surface area contributed by atoms with Crippen LogP contribution < -0.4 is 10.6 Å². The average Bonchev–Trinajstić information content (AvgIpc) is 2.71. The number of carbonyl (C=O) groups is 2. The molecule has 1 fully saturated rings. The highest BCUT2D eigenvalue weighted by atomic mass is 127. The maximum Gasteiger partial charge on any atom is 0.409 e. The third-order valence-corrected chi connectivity index (χ3v) is 5.50. The predicted molar refractivity (Wildman–Crippen MR) is 136 cm³/mol. The zero-order valence-electron chi connectivity index (χ0n) is 18.9. The molecular weight excluding hydrogens is 517 g/mol. The van der Waals surface area contributed by atoms with Gasteiger partial charge in [-0.05, 0) is 44.6 Å². The van der Waals surface area contributed by atoms with E-state index in [-0.39, 0.29) is 48.6 Å². The number of nitrogens with zero attached hydrogens (tertiary/aromatic N) is 3. The number of carbonyl (C=O) groups excluding carboxylic acids is 2. The molecule has 1 heterocycles. The zero-order chi connectivity index (χ0) is 21.5. The van der Waals surface area contributed by atoms with Crippen LogP contribution in [0.2, 0.25) is 0 Å². The summed E-state index contributed by atoms with van der Waals surface area (Å²) in [5.74, 6) is 1.87. The van der Waals surface area contributed by atoms with Crippen LogP contribution in [0.5, 0.6) is 0 Å². The Kier molecular flexibility index (Phi) is 17.2. The van der Waals surface area contributed by atoms with Crippen LogP contribution >= 0.6 is 35.7 Å². The Hall–Kier alpha value is -0.910. The van der Waals surface area contributed by atoms with Crippen molar-refractivity contribution in [3.8, 4) is 0 Å². The van der Waals surface area contributed by atoms with Gasteiger partial charge in [0.15, 0.2) is 5.96 Å². The molecule has 0 atom stereocenters. The second-order valence-corrected chi connectivity index (χ2v) is 8.38. The summed E-state index contributed by atoms with van der Waals surface area (Å²) in [4.78, 5) is 31.5. The summed E-state index contributed by atoms with van der Waals surface area (Å²) in [6, 6.07) is 0.225. The Morgan fingerprint density at radius 2 is 1.83 bits per heavy atom. The molecule has 1 rings (SSSR count). The number of ether oxygens (including phenoxy) is 1. The Balaban J connectivity index is 0.00000841. The normalized spacial score (nSPS) is 14.7. The van der Waals surface area contributed by atoms with Crippen molar-refractivity contribution in [2.45, 2.75) is 51.5 Å². The first-order valence-electron chi connectivity index (χ1n) is 10.6. The lowest BCUT2D eigenvalue weighted by molar-refractivity contribution is -0.127. The number of aliphatic imine (C=N–C) groups is 1. The predicted octanol–water partition coefficient (Wildman–Crippen LogP) is 2.77. The van der Waals surface area contributed by atoms with E-state index < -0.39 is 0 Å². The minimum Gasteiger partial charge on any atom is -0.450 e. The standard InChI is InChI=1S/C20H39N5O3S.HI/c1-5-28-20(27)25-13-10-17(11-14-25)23-19(22-16-18(26)24(2)3)21-12-8-6-7-9-15-29-4;/h17H,5-16H2,1-4H3,(H2,21,22,23);1H. The minimum atomic E-state index is -0.240. The van der Waals surface area contributed by atoms with Crippen LogP contribution in [0.25, 0.3) is 0 Å². The molecule has 0 aromatic carbocycles. The van der Waals surface area contributed by atoms with Gasteiger partial charge in [-0.25, -0.2) is 9.79 Å². The molecule has 0 saturated carbocycles. The fraction of sp³-hybridized carbons (Fsp3) is 0.850. The number of unbranched alkanes of at least 4 members (excludes halogenated alkanes) is 3. The molecule has 30 heavy (non-hydrogen) atoms. The number of hydrogen-bond donors (Lipinski definition) is 2. The fourth-order valence-corrected chi connectivity index (χ4v) is 3.48. The van der Waals surface area contributed by atoms with Crippen LogP contribution in [-0.4, -0.2) is 92.7 Å². The first-order valence-corrected chi connectivity index (χ1v) is 12.0. The molecular formula is C20H40IN5O3S. The molecule has 0 aromatic heterocycles. The van der Waals surface area contributed by atoms with E-state index in [1.165, 1.54) is 25.0 Å². The van der Waals surface area contributed by atoms with E-state index >= 15 is 0 Å². The third kappa shape index (κ3) is 12.7. The van der Waals surface area contributed by atoms with Crippen LogP contribution in [0.1, 0.15) is 45.4 Å². The summed E-state index contributed by atoms with van der Waals surface area (Å²) in [7, 11) is 3.47. The molecule has 0 aliphatic carbocycles. The van der Waals surface area contributed by atoms with E-state index in [2.05, 4.69) is 21.9 Å². The molecule has 1 aliphatic rings. The molecule has 2 amide bonds. The molecule has 0 aromatic rings. The molecule has 0 spiro atoms. The van der Waals surface area contributed by atoms with Gasteiger partial charge in [-0.1, -0.05) is 12.8 Å². The molecule has 176 valence electrons. The molecule has 1 aliphatic heterocycles. The van der Waals surface area contributed by atoms with E-state index in [0.29, 0.717) is 25.7 Å². The van der Waals surface area contributed by atoms with E-state index in [4.69, 9.17) is 4.74 Å². The topological polar surface area (TPSA) is 86.3 Å². The highest BCUT2D eigenvalue weighted by molar-refractivity contribution is 14.0. The van der Waals surface area contributed by atoms with Crippen LogP contribution in [0, 0.1) is 0 Å². The maximum absolute atomic E-state index is 11.9. The highest BCUT2D eigenvalue weighted by Crippen LogP contribution is 2.11. The first kappa shape index (κ1) is 29.1. The molecule has 0 bridgehead atoms. The molecule has 0 radical (unpaired) electrons. The highest BCUT2D eigenvalue weighted by Gasteiger charge is 2.24. The second kappa shape index (κ2) is 17.7. The van der Waals surface area contributed by atoms with Gasteiger partial charge in [0, 0.05) is 39.8 Å². The maximum atomic E-state index is 11.9. The second-order valence-electron chi connectivity index (χ2n) is 7.39. The van der Waals surface area contributed by atoms with Gasteiger partial charge in [-0.2, -0.15) is 11.8 Å². The molecule has 8 nitrogen and oxygen atoms in total. The lowest BCUT2D eigenvalue weighted by atomic mass is 10.1. The smallest absolute Gasteiger partial charge is 0.409 e. The number of hydrogen-bond acceptors (Lipinski definition) is 5. The van der Waals surface area contributed by atoms with Crippen molar-refractivity contribution in [3.05, 3.63) is 0 Å². The number of halogens is 1. The quantitative estimate of drug-likeness (QED) is 0.176. The van der Waals surface area contributed by atoms with Crippen molar-refractivity contribution in [1.82, 2.24) is 20.4 Å². The number of likely N-dealkylation sites (tertiary alicyclic amines) is 1. The number of piperidine rings is 1. The Bertz CT molecular complexity index is 515. The number of guanidine groups is 1. The minimum absolute atomic E-state index is 0. The van der Waals surface area contributed by atoms with Crippen molar-refractivity contribution in [2.75, 3.05) is 58.9 Å². The van der Waals surface area contributed by atoms with Crippen molar-refractivity contribution in [1.29, 1.82) is 0 Å². The van der Waals surface area contributed by atoms with Gasteiger partial charge in [-0.15, -0.1) is 24.0 Å². The summed E-state index contributed by atoms with van der Waals surface area (Å²) in [5.41, 5.74) is 0. The van der Waals surface area contributed by atoms with Crippen molar-refractivity contribution >= 4 is 53.7 Å². The summed E-state index contributed by atoms with van der Waals surface area (Å²) < 4.78 is 5.07. The number of nitrogens with one attached hydrogen (secondary N) is 2. The van der Waals surface area contributed by atoms with Gasteiger partial charge in [0.2, 0.25) is 5.91 Å². The SMILES string of the molecule is CCOC(=O)N1CCC(NC(=NCC(=O)N(C)C)NCCCCCCSC)CC1.I. The number of likely N-dealkylation sites (N-methyl/N-ethyl adjacent to an activating group) is 1. The van der Waals surface area contributed by atoms with Gasteiger partial charge in [0.1, 0.15) is 6.54 Å². The summed E-state index contributed by atoms with van der Waals surface area (Å²) in [6.07, 6.45) is 8.34. The average molecular weight is 558 g/mol. The van der Waals surface area contributed by atoms with Gasteiger partial charge in [0.25, 0.3) is 0 Å². The van der Waals surface area contributed by atoms with Crippen molar-refractivity contribution in [3.63, 3.8) is 0 Å². The monoisotopic (exact) mass is 557 g/mol. The first-order chi connectivity index (χ1) is 14.0. The lowest BCUT2D eigenvalue weighted by Crippen LogP contribution is -2.50. The van der Waals surface area contributed by atoms with E-state index in [1.54, 1.807) is 23.9 Å². The summed E-state index contributed by atoms with van der Waals surface area (Å²) >= 11 is 1.89. The van der Waals surface area contributed by atoms with Crippen LogP contribution in [0.4, 0.5) is 4.79 Å². The lowest BCUT2D eigenvalue weighted by Gasteiger charge is -2.32. The Morgan fingerprint density at radius 1 is 1.17 bits per heavy atom. The van der Waals surface area contributed by atoms with Gasteiger partial charge in [-0.3, -0.25) is 4.79 Å². The van der Waals surface area contributed by atoms with Gasteiger partial charge < -0.3 is 25.2 Å². The fourth-order valence-electron chi connectivity index (χ4n) is 2.99. The Labute approximate surface area is 203 Å². The number of amides is 2. The van der Waals surface area contributed by atoms with Crippen molar-refractivity contribution in [2.24, 2.45) is 4.99 Å². The summed E-state index contributed by atoms with van der Waals surface area (Å²) in [5, 5.41) is 6.80. The number of rotatable bonds is 11. The zero-order valence-corrected chi connectivity index (χ0v) is 22.1. The van der Waals surface area contributed by atoms with Crippen LogP contribution in [0.3, 0.4) is 0 Å². The number of thioether (sulfide) groups is 1. The van der Waals surface area contributed by atoms with Gasteiger partial charge in [0.05, 0.1) is 6.61 Å². The van der Waals surface area contributed by atoms with E-state index in [0.717, 1.165) is 25.8 Å². The van der Waals surface area contributed by atoms with Crippen molar-refractivity contribution < 1.29 is 14.3 Å². The van der Waals surface area contributed by atoms with E-state index in [9.17, 15) is 9.59 Å². The van der Waals surface area contributed by atoms with E-state index in [1.807, 2.05) is 18.7 Å². The Morgan fingerprint density at radius 3 is 2.43 bits per heavy atom. The van der Waals surface area contributed by atoms with Crippen LogP contribution in [0.15, 0.2) is 4.99 Å². The summed E-state index contributed by atoms with van der Waals surface area (Å²) in [6.45, 7) is 4.50. The molecule has 2 N–H and O–H groups in total. The van der Waals surface area contributed by atoms with Gasteiger partial charge >= 0.3 is 6.09 Å². The molecule has 1 saturated heterocycles. The largest absolute Gasteiger partial charge is 0.450 e.